The molecular formula is C21H28N4O. The lowest BCUT2D eigenvalue weighted by Crippen LogP contribution is -2.36. The molecule has 0 spiro atoms. The lowest BCUT2D eigenvalue weighted by Gasteiger charge is -2.22. The van der Waals surface area contributed by atoms with Gasteiger partial charge in [0.1, 0.15) is 11.5 Å². The first-order chi connectivity index (χ1) is 12.8. The number of rotatable bonds is 7. The maximum absolute atomic E-state index is 12.7. The Kier molecular flexibility index (Phi) is 6.58. The molecular weight excluding hydrogens is 324 g/mol. The van der Waals surface area contributed by atoms with Gasteiger partial charge in [-0.2, -0.15) is 0 Å². The lowest BCUT2D eigenvalue weighted by molar-refractivity contribution is 0.0922. The van der Waals surface area contributed by atoms with Crippen LogP contribution in [-0.2, 0) is 0 Å². The summed E-state index contributed by atoms with van der Waals surface area (Å²) in [5.41, 5.74) is 1.35. The molecule has 3 rings (SSSR count). The molecule has 0 atom stereocenters. The summed E-state index contributed by atoms with van der Waals surface area (Å²) in [5.74, 6) is 1.19. The number of unbranched alkanes of at least 4 members (excludes halogenated alkanes) is 1. The van der Waals surface area contributed by atoms with Crippen molar-refractivity contribution in [2.75, 3.05) is 11.9 Å². The third-order valence-electron chi connectivity index (χ3n) is 4.77. The molecule has 26 heavy (non-hydrogen) atoms. The Labute approximate surface area is 155 Å². The minimum Gasteiger partial charge on any atom is -0.370 e. The molecule has 2 aromatic rings. The Morgan fingerprint density at radius 3 is 2.62 bits per heavy atom. The fourth-order valence-electron chi connectivity index (χ4n) is 3.27. The number of carbonyl (C=O) groups is 1. The number of hydrogen-bond donors (Lipinski definition) is 2. The van der Waals surface area contributed by atoms with E-state index in [1.54, 1.807) is 6.07 Å². The molecule has 1 fully saturated rings. The number of carbonyl (C=O) groups excluding carboxylic acids is 1. The minimum atomic E-state index is -0.102. The second kappa shape index (κ2) is 9.32. The zero-order chi connectivity index (χ0) is 18.2. The van der Waals surface area contributed by atoms with Gasteiger partial charge in [0.15, 0.2) is 5.82 Å². The smallest absolute Gasteiger partial charge is 0.270 e. The summed E-state index contributed by atoms with van der Waals surface area (Å²) >= 11 is 0. The fourth-order valence-corrected chi connectivity index (χ4v) is 3.27. The van der Waals surface area contributed by atoms with Crippen LogP contribution in [0.2, 0.25) is 0 Å². The molecule has 1 aromatic heterocycles. The molecule has 0 radical (unpaired) electrons. The second-order valence-corrected chi connectivity index (χ2v) is 6.92. The zero-order valence-corrected chi connectivity index (χ0v) is 15.5. The molecule has 1 aromatic carbocycles. The van der Waals surface area contributed by atoms with E-state index in [0.29, 0.717) is 17.3 Å². The van der Waals surface area contributed by atoms with E-state index >= 15 is 0 Å². The molecule has 138 valence electrons. The van der Waals surface area contributed by atoms with Gasteiger partial charge in [0.05, 0.1) is 0 Å². The molecule has 1 heterocycles. The van der Waals surface area contributed by atoms with E-state index in [2.05, 4.69) is 27.5 Å². The van der Waals surface area contributed by atoms with Crippen LogP contribution in [0.25, 0.3) is 11.4 Å². The van der Waals surface area contributed by atoms with Gasteiger partial charge in [-0.15, -0.1) is 0 Å². The maximum Gasteiger partial charge on any atom is 0.270 e. The van der Waals surface area contributed by atoms with Crippen molar-refractivity contribution in [3.63, 3.8) is 0 Å². The number of nitrogens with zero attached hydrogens (tertiary/aromatic N) is 2. The SMILES string of the molecule is CCCCNc1cc(C(=O)NC2CCCCC2)nc(-c2ccccc2)n1. The van der Waals surface area contributed by atoms with Crippen LogP contribution in [-0.4, -0.2) is 28.5 Å². The van der Waals surface area contributed by atoms with Crippen molar-refractivity contribution in [1.29, 1.82) is 0 Å². The van der Waals surface area contributed by atoms with Crippen LogP contribution in [0.15, 0.2) is 36.4 Å². The predicted octanol–water partition coefficient (Wildman–Crippen LogP) is 4.42. The molecule has 1 aliphatic carbocycles. The summed E-state index contributed by atoms with van der Waals surface area (Å²) in [6.07, 6.45) is 7.94. The summed E-state index contributed by atoms with van der Waals surface area (Å²) in [6.45, 7) is 2.99. The van der Waals surface area contributed by atoms with E-state index in [1.165, 1.54) is 19.3 Å². The topological polar surface area (TPSA) is 66.9 Å². The van der Waals surface area contributed by atoms with Crippen molar-refractivity contribution in [2.24, 2.45) is 0 Å². The van der Waals surface area contributed by atoms with E-state index in [1.807, 2.05) is 30.3 Å². The third-order valence-corrected chi connectivity index (χ3v) is 4.77. The largest absolute Gasteiger partial charge is 0.370 e. The summed E-state index contributed by atoms with van der Waals surface area (Å²) in [7, 11) is 0. The van der Waals surface area contributed by atoms with Gasteiger partial charge in [0.2, 0.25) is 0 Å². The number of anilines is 1. The first-order valence-corrected chi connectivity index (χ1v) is 9.75. The maximum atomic E-state index is 12.7. The molecule has 0 bridgehead atoms. The first kappa shape index (κ1) is 18.4. The number of benzene rings is 1. The minimum absolute atomic E-state index is 0.102. The van der Waals surface area contributed by atoms with Gasteiger partial charge < -0.3 is 10.6 Å². The number of amides is 1. The summed E-state index contributed by atoms with van der Waals surface area (Å²) in [6, 6.07) is 11.8. The standard InChI is InChI=1S/C21H28N4O/c1-2-3-14-22-19-15-18(21(26)23-17-12-8-5-9-13-17)24-20(25-19)16-10-6-4-7-11-16/h4,6-7,10-11,15,17H,2-3,5,8-9,12-14H2,1H3,(H,23,26)(H,22,24,25). The summed E-state index contributed by atoms with van der Waals surface area (Å²) in [5, 5.41) is 6.47. The van der Waals surface area contributed by atoms with E-state index < -0.39 is 0 Å². The highest BCUT2D eigenvalue weighted by Gasteiger charge is 2.19. The molecule has 0 unspecified atom stereocenters. The van der Waals surface area contributed by atoms with E-state index in [0.717, 1.165) is 37.8 Å². The second-order valence-electron chi connectivity index (χ2n) is 6.92. The van der Waals surface area contributed by atoms with Crippen LogP contribution in [0.1, 0.15) is 62.4 Å². The van der Waals surface area contributed by atoms with Gasteiger partial charge in [-0.05, 0) is 19.3 Å². The number of aromatic nitrogens is 2. The van der Waals surface area contributed by atoms with Crippen LogP contribution >= 0.6 is 0 Å². The van der Waals surface area contributed by atoms with Crippen molar-refractivity contribution < 1.29 is 4.79 Å². The van der Waals surface area contributed by atoms with Gasteiger partial charge in [0, 0.05) is 24.2 Å². The van der Waals surface area contributed by atoms with Crippen LogP contribution in [0.4, 0.5) is 5.82 Å². The highest BCUT2D eigenvalue weighted by atomic mass is 16.1. The highest BCUT2D eigenvalue weighted by Crippen LogP contribution is 2.20. The van der Waals surface area contributed by atoms with Crippen LogP contribution < -0.4 is 10.6 Å². The van der Waals surface area contributed by atoms with Gasteiger partial charge in [0.25, 0.3) is 5.91 Å². The average Bonchev–Trinajstić information content (AvgIpc) is 2.69. The molecule has 1 amide bonds. The van der Waals surface area contributed by atoms with Crippen molar-refractivity contribution in [1.82, 2.24) is 15.3 Å². The van der Waals surface area contributed by atoms with E-state index in [4.69, 9.17) is 0 Å². The Morgan fingerprint density at radius 2 is 1.88 bits per heavy atom. The average molecular weight is 352 g/mol. The quantitative estimate of drug-likeness (QED) is 0.724. The van der Waals surface area contributed by atoms with E-state index in [9.17, 15) is 4.79 Å². The van der Waals surface area contributed by atoms with Crippen LogP contribution in [0.5, 0.6) is 0 Å². The third kappa shape index (κ3) is 5.04. The monoisotopic (exact) mass is 352 g/mol. The van der Waals surface area contributed by atoms with Crippen molar-refractivity contribution >= 4 is 11.7 Å². The molecule has 1 aliphatic rings. The van der Waals surface area contributed by atoms with Crippen LogP contribution in [0, 0.1) is 0 Å². The van der Waals surface area contributed by atoms with Gasteiger partial charge >= 0.3 is 0 Å². The lowest BCUT2D eigenvalue weighted by atomic mass is 9.95. The molecule has 0 aliphatic heterocycles. The van der Waals surface area contributed by atoms with Gasteiger partial charge in [-0.3, -0.25) is 4.79 Å². The van der Waals surface area contributed by atoms with Crippen molar-refractivity contribution in [2.45, 2.75) is 57.9 Å². The molecule has 0 saturated heterocycles. The Balaban J connectivity index is 1.82. The van der Waals surface area contributed by atoms with Crippen LogP contribution in [0.3, 0.4) is 0 Å². The Morgan fingerprint density at radius 1 is 1.12 bits per heavy atom. The molecule has 1 saturated carbocycles. The first-order valence-electron chi connectivity index (χ1n) is 9.75. The number of hydrogen-bond acceptors (Lipinski definition) is 4. The van der Waals surface area contributed by atoms with Crippen molar-refractivity contribution in [3.05, 3.63) is 42.1 Å². The predicted molar refractivity (Wildman–Crippen MR) is 105 cm³/mol. The van der Waals surface area contributed by atoms with Crippen molar-refractivity contribution in [3.8, 4) is 11.4 Å². The van der Waals surface area contributed by atoms with E-state index in [-0.39, 0.29) is 11.9 Å². The van der Waals surface area contributed by atoms with Gasteiger partial charge in [-0.1, -0.05) is 62.9 Å². The van der Waals surface area contributed by atoms with Gasteiger partial charge in [-0.25, -0.2) is 9.97 Å². The highest BCUT2D eigenvalue weighted by molar-refractivity contribution is 5.93. The zero-order valence-electron chi connectivity index (χ0n) is 15.5. The summed E-state index contributed by atoms with van der Waals surface area (Å²) in [4.78, 5) is 21.9. The number of nitrogens with one attached hydrogen (secondary N) is 2. The molecule has 5 nitrogen and oxygen atoms in total. The Bertz CT molecular complexity index is 711. The normalized spacial score (nSPS) is 14.8. The Hall–Kier alpha value is -2.43. The molecule has 2 N–H and O–H groups in total. The molecule has 5 heteroatoms. The fraction of sp³-hybridized carbons (Fsp3) is 0.476. The summed E-state index contributed by atoms with van der Waals surface area (Å²) < 4.78 is 0.